The van der Waals surface area contributed by atoms with Crippen molar-refractivity contribution in [1.29, 1.82) is 0 Å². The molecule has 0 unspecified atom stereocenters. The fourth-order valence-electron chi connectivity index (χ4n) is 4.12. The van der Waals surface area contributed by atoms with Crippen LogP contribution >= 0.6 is 0 Å². The van der Waals surface area contributed by atoms with Gasteiger partial charge in [-0.3, -0.25) is 0 Å². The average Bonchev–Trinajstić information content (AvgIpc) is 3.17. The van der Waals surface area contributed by atoms with E-state index in [4.69, 9.17) is 10.5 Å². The van der Waals surface area contributed by atoms with Crippen LogP contribution in [0.15, 0.2) is 91.0 Å². The number of hydrogen-bond acceptors (Lipinski definition) is 3. The summed E-state index contributed by atoms with van der Waals surface area (Å²) in [5, 5.41) is 12.8. The zero-order valence-corrected chi connectivity index (χ0v) is 17.4. The first-order valence-electron chi connectivity index (χ1n) is 10.4. The number of fused-ring (bicyclic) bond motifs is 2. The van der Waals surface area contributed by atoms with E-state index in [1.807, 2.05) is 83.4 Å². The number of aromatic carboxylic acids is 1. The zero-order chi connectivity index (χ0) is 22.1. The van der Waals surface area contributed by atoms with E-state index in [-0.39, 0.29) is 5.69 Å². The summed E-state index contributed by atoms with van der Waals surface area (Å²) < 4.78 is 7.94. The Balaban J connectivity index is 1.66. The van der Waals surface area contributed by atoms with Gasteiger partial charge in [-0.25, -0.2) is 4.79 Å². The van der Waals surface area contributed by atoms with Crippen LogP contribution in [-0.4, -0.2) is 15.6 Å². The number of rotatable bonds is 6. The molecule has 1 aromatic heterocycles. The number of ether oxygens (including phenoxy) is 1. The molecule has 5 aromatic rings. The summed E-state index contributed by atoms with van der Waals surface area (Å²) in [7, 11) is 0. The third-order valence-electron chi connectivity index (χ3n) is 5.65. The van der Waals surface area contributed by atoms with Crippen molar-refractivity contribution in [3.63, 3.8) is 0 Å². The third kappa shape index (κ3) is 3.70. The van der Waals surface area contributed by atoms with Crippen molar-refractivity contribution in [2.45, 2.75) is 13.1 Å². The van der Waals surface area contributed by atoms with Gasteiger partial charge in [0.2, 0.25) is 0 Å². The Labute approximate surface area is 185 Å². The maximum absolute atomic E-state index is 12.0. The molecule has 3 N–H and O–H groups in total. The van der Waals surface area contributed by atoms with Crippen molar-refractivity contribution < 1.29 is 14.6 Å². The fourth-order valence-corrected chi connectivity index (χ4v) is 4.12. The summed E-state index contributed by atoms with van der Waals surface area (Å²) in [6, 6.07) is 29.2. The summed E-state index contributed by atoms with van der Waals surface area (Å²) in [6.45, 7) is 0.790. The Morgan fingerprint density at radius 1 is 0.844 bits per heavy atom. The molecule has 0 aliphatic carbocycles. The zero-order valence-electron chi connectivity index (χ0n) is 17.4. The van der Waals surface area contributed by atoms with Gasteiger partial charge in [0.25, 0.3) is 0 Å². The smallest absolute Gasteiger partial charge is 0.352 e. The number of para-hydroxylation sites is 1. The van der Waals surface area contributed by atoms with Gasteiger partial charge in [-0.1, -0.05) is 54.6 Å². The lowest BCUT2D eigenvalue weighted by molar-refractivity contribution is 0.0686. The molecule has 0 amide bonds. The first kappa shape index (κ1) is 19.8. The number of carboxylic acid groups (broad SMARTS) is 1. The van der Waals surface area contributed by atoms with E-state index in [0.29, 0.717) is 18.8 Å². The molecule has 158 valence electrons. The second kappa shape index (κ2) is 8.21. The molecule has 4 aromatic carbocycles. The quantitative estimate of drug-likeness (QED) is 0.363. The first-order valence-corrected chi connectivity index (χ1v) is 10.4. The highest BCUT2D eigenvalue weighted by Crippen LogP contribution is 2.31. The topological polar surface area (TPSA) is 77.5 Å². The van der Waals surface area contributed by atoms with Crippen molar-refractivity contribution >= 4 is 27.6 Å². The van der Waals surface area contributed by atoms with Gasteiger partial charge >= 0.3 is 5.97 Å². The number of hydrogen-bond donors (Lipinski definition) is 2. The molecule has 1 heterocycles. The van der Waals surface area contributed by atoms with Gasteiger partial charge < -0.3 is 20.1 Å². The predicted molar refractivity (Wildman–Crippen MR) is 126 cm³/mol. The summed E-state index contributed by atoms with van der Waals surface area (Å²) in [4.78, 5) is 12.0. The summed E-state index contributed by atoms with van der Waals surface area (Å²) in [5.41, 5.74) is 8.87. The van der Waals surface area contributed by atoms with Crippen LogP contribution in [0, 0.1) is 0 Å². The van der Waals surface area contributed by atoms with Crippen LogP contribution in [0.2, 0.25) is 0 Å². The molecule has 0 spiro atoms. The molecule has 0 saturated heterocycles. The number of nitrogens with zero attached hydrogens (tertiary/aromatic N) is 1. The molecular weight excluding hydrogens is 400 g/mol. The third-order valence-corrected chi connectivity index (χ3v) is 5.65. The highest BCUT2D eigenvalue weighted by atomic mass is 16.5. The van der Waals surface area contributed by atoms with Crippen LogP contribution in [0.1, 0.15) is 21.6 Å². The Kier molecular flexibility index (Phi) is 5.09. The van der Waals surface area contributed by atoms with Gasteiger partial charge in [-0.15, -0.1) is 0 Å². The van der Waals surface area contributed by atoms with Crippen molar-refractivity contribution in [2.75, 3.05) is 0 Å². The van der Waals surface area contributed by atoms with Crippen LogP contribution in [-0.2, 0) is 13.1 Å². The molecule has 0 bridgehead atoms. The van der Waals surface area contributed by atoms with E-state index in [1.54, 1.807) is 6.07 Å². The van der Waals surface area contributed by atoms with E-state index >= 15 is 0 Å². The van der Waals surface area contributed by atoms with E-state index in [9.17, 15) is 9.90 Å². The van der Waals surface area contributed by atoms with Crippen LogP contribution < -0.4 is 10.5 Å². The first-order chi connectivity index (χ1) is 15.6. The lowest BCUT2D eigenvalue weighted by Gasteiger charge is -2.14. The molecule has 5 rings (SSSR count). The highest BCUT2D eigenvalue weighted by Gasteiger charge is 2.17. The molecular formula is C27H22N2O3. The minimum atomic E-state index is -0.962. The molecule has 32 heavy (non-hydrogen) atoms. The molecule has 5 heteroatoms. The number of benzene rings is 4. The number of aromatic nitrogens is 1. The molecule has 5 nitrogen and oxygen atoms in total. The van der Waals surface area contributed by atoms with Crippen molar-refractivity contribution in [2.24, 2.45) is 5.73 Å². The van der Waals surface area contributed by atoms with Crippen LogP contribution in [0.3, 0.4) is 0 Å². The van der Waals surface area contributed by atoms with Gasteiger partial charge in [0.15, 0.2) is 0 Å². The van der Waals surface area contributed by atoms with Gasteiger partial charge in [0.05, 0.1) is 0 Å². The summed E-state index contributed by atoms with van der Waals surface area (Å²) in [6.07, 6.45) is 0. The maximum atomic E-state index is 12.0. The Bertz CT molecular complexity index is 1440. The largest absolute Gasteiger partial charge is 0.477 e. The fraction of sp³-hybridized carbons (Fsp3) is 0.0741. The van der Waals surface area contributed by atoms with E-state index in [0.717, 1.165) is 38.6 Å². The summed E-state index contributed by atoms with van der Waals surface area (Å²) in [5.74, 6) is 0.497. The lowest BCUT2D eigenvalue weighted by Crippen LogP contribution is -2.10. The van der Waals surface area contributed by atoms with Crippen molar-refractivity contribution in [1.82, 2.24) is 4.57 Å². The minimum absolute atomic E-state index is 0.243. The Hall–Kier alpha value is -4.09. The van der Waals surface area contributed by atoms with Crippen molar-refractivity contribution in [3.8, 4) is 11.5 Å². The van der Waals surface area contributed by atoms with Crippen molar-refractivity contribution in [3.05, 3.63) is 108 Å². The standard InChI is InChI=1S/C27H22N2O3/c28-16-18-10-11-20-15-26(27(30)31)29(25(20)12-18)17-21-14-23(32-22-7-2-1-3-8-22)13-19-6-4-5-9-24(19)21/h1-15H,16-17,28H2,(H,30,31). The van der Waals surface area contributed by atoms with E-state index in [1.165, 1.54) is 0 Å². The van der Waals surface area contributed by atoms with E-state index < -0.39 is 5.97 Å². The average molecular weight is 422 g/mol. The van der Waals surface area contributed by atoms with Gasteiger partial charge in [0, 0.05) is 24.0 Å². The van der Waals surface area contributed by atoms with Gasteiger partial charge in [-0.2, -0.15) is 0 Å². The molecule has 0 aliphatic heterocycles. The molecule has 0 saturated carbocycles. The van der Waals surface area contributed by atoms with Crippen LogP contribution in [0.5, 0.6) is 11.5 Å². The van der Waals surface area contributed by atoms with E-state index in [2.05, 4.69) is 6.07 Å². The molecule has 0 atom stereocenters. The lowest BCUT2D eigenvalue weighted by atomic mass is 10.0. The second-order valence-corrected chi connectivity index (χ2v) is 7.74. The summed E-state index contributed by atoms with van der Waals surface area (Å²) >= 11 is 0. The van der Waals surface area contributed by atoms with Gasteiger partial charge in [-0.05, 0) is 58.3 Å². The predicted octanol–water partition coefficient (Wildman–Crippen LogP) is 5.79. The number of nitrogens with two attached hydrogens (primary N) is 1. The van der Waals surface area contributed by atoms with Crippen LogP contribution in [0.4, 0.5) is 0 Å². The second-order valence-electron chi connectivity index (χ2n) is 7.74. The normalized spacial score (nSPS) is 11.2. The monoisotopic (exact) mass is 422 g/mol. The molecule has 0 fully saturated rings. The number of carbonyl (C=O) groups is 1. The SMILES string of the molecule is NCc1ccc2cc(C(=O)O)n(Cc3cc(Oc4ccccc4)cc4ccccc34)c2c1. The molecule has 0 radical (unpaired) electrons. The molecule has 0 aliphatic rings. The Morgan fingerprint density at radius 3 is 2.41 bits per heavy atom. The van der Waals surface area contributed by atoms with Crippen LogP contribution in [0.25, 0.3) is 21.7 Å². The van der Waals surface area contributed by atoms with Gasteiger partial charge in [0.1, 0.15) is 17.2 Å². The minimum Gasteiger partial charge on any atom is -0.477 e. The maximum Gasteiger partial charge on any atom is 0.352 e. The Morgan fingerprint density at radius 2 is 1.62 bits per heavy atom. The number of carboxylic acids is 1. The highest BCUT2D eigenvalue weighted by molar-refractivity contribution is 5.95.